The quantitative estimate of drug-likeness (QED) is 0.243. The molecule has 7 nitrogen and oxygen atoms in total. The molecule has 8 heteroatoms. The van der Waals surface area contributed by atoms with Crippen molar-refractivity contribution in [2.75, 3.05) is 11.4 Å². The number of thiazole rings is 1. The van der Waals surface area contributed by atoms with Gasteiger partial charge in [0.15, 0.2) is 4.96 Å². The highest BCUT2D eigenvalue weighted by atomic mass is 32.1. The van der Waals surface area contributed by atoms with Gasteiger partial charge in [-0.15, -0.1) is 0 Å². The zero-order chi connectivity index (χ0) is 24.4. The van der Waals surface area contributed by atoms with Crippen LogP contribution >= 0.6 is 11.3 Å². The highest BCUT2D eigenvalue weighted by Crippen LogP contribution is 2.22. The monoisotopic (exact) mass is 482 g/mol. The van der Waals surface area contributed by atoms with Gasteiger partial charge in [-0.1, -0.05) is 53.8 Å². The molecule has 0 unspecified atom stereocenters. The van der Waals surface area contributed by atoms with Gasteiger partial charge in [-0.2, -0.15) is 0 Å². The van der Waals surface area contributed by atoms with Gasteiger partial charge < -0.3 is 4.90 Å². The molecule has 2 aromatic heterocycles. The normalized spacial score (nSPS) is 11.7. The topological polar surface area (TPSA) is 80.8 Å². The number of nitro benzene ring substituents is 1. The molecule has 174 valence electrons. The highest BCUT2D eigenvalue weighted by Gasteiger charge is 2.12. The molecular weight excluding hydrogens is 460 g/mol. The average Bonchev–Trinajstić information content (AvgIpc) is 3.43. The van der Waals surface area contributed by atoms with E-state index in [0.717, 1.165) is 29.9 Å². The van der Waals surface area contributed by atoms with Crippen LogP contribution in [-0.2, 0) is 6.54 Å². The van der Waals surface area contributed by atoms with E-state index in [0.29, 0.717) is 15.2 Å². The molecule has 0 amide bonds. The van der Waals surface area contributed by atoms with Gasteiger partial charge in [-0.25, -0.2) is 4.98 Å². The maximum absolute atomic E-state index is 13.0. The average molecular weight is 483 g/mol. The second-order valence-electron chi connectivity index (χ2n) is 8.09. The first-order chi connectivity index (χ1) is 17.0. The Morgan fingerprint density at radius 2 is 1.74 bits per heavy atom. The van der Waals surface area contributed by atoms with Crippen molar-refractivity contribution < 1.29 is 4.92 Å². The lowest BCUT2D eigenvalue weighted by Crippen LogP contribution is -2.22. The molecule has 3 aromatic carbocycles. The second kappa shape index (κ2) is 9.52. The summed E-state index contributed by atoms with van der Waals surface area (Å²) in [5.74, 6) is 0. The van der Waals surface area contributed by atoms with Crippen molar-refractivity contribution in [3.05, 3.63) is 121 Å². The van der Waals surface area contributed by atoms with E-state index in [2.05, 4.69) is 53.2 Å². The summed E-state index contributed by atoms with van der Waals surface area (Å²) >= 11 is 1.32. The number of nitrogens with zero attached hydrogens (tertiary/aromatic N) is 4. The molecule has 35 heavy (non-hydrogen) atoms. The molecule has 0 radical (unpaired) electrons. The number of hydrogen-bond acceptors (Lipinski definition) is 6. The van der Waals surface area contributed by atoms with E-state index in [1.807, 2.05) is 24.3 Å². The maximum atomic E-state index is 13.0. The fourth-order valence-electron chi connectivity index (χ4n) is 3.95. The highest BCUT2D eigenvalue weighted by molar-refractivity contribution is 7.15. The summed E-state index contributed by atoms with van der Waals surface area (Å²) in [4.78, 5) is 30.8. The molecule has 0 aliphatic carbocycles. The number of anilines is 1. The van der Waals surface area contributed by atoms with E-state index in [-0.39, 0.29) is 11.2 Å². The number of aromatic nitrogens is 2. The van der Waals surface area contributed by atoms with Gasteiger partial charge in [0.1, 0.15) is 0 Å². The summed E-state index contributed by atoms with van der Waals surface area (Å²) in [5.41, 5.74) is 4.56. The Labute approximate surface area is 205 Å². The minimum absolute atomic E-state index is 0.0179. The van der Waals surface area contributed by atoms with E-state index < -0.39 is 4.92 Å². The van der Waals surface area contributed by atoms with Crippen molar-refractivity contribution in [2.24, 2.45) is 0 Å². The van der Waals surface area contributed by atoms with Crippen LogP contribution in [0.4, 0.5) is 11.4 Å². The number of imidazole rings is 1. The molecule has 5 rings (SSSR count). The van der Waals surface area contributed by atoms with Gasteiger partial charge in [-0.3, -0.25) is 19.3 Å². The standard InChI is InChI=1S/C27H22N4O3S/c1-2-29(17-20-6-4-3-5-7-20)22-12-8-19(9-13-22)16-25-26(32)30-18-24(28-27(30)35-25)21-10-14-23(15-11-21)31(33)34/h3-16,18H,2,17H2,1H3. The first-order valence-electron chi connectivity index (χ1n) is 11.2. The zero-order valence-corrected chi connectivity index (χ0v) is 19.8. The van der Waals surface area contributed by atoms with Crippen LogP contribution in [0.25, 0.3) is 22.3 Å². The molecule has 0 aliphatic rings. The Kier molecular flexibility index (Phi) is 6.12. The van der Waals surface area contributed by atoms with E-state index in [4.69, 9.17) is 0 Å². The largest absolute Gasteiger partial charge is 0.367 e. The summed E-state index contributed by atoms with van der Waals surface area (Å²) < 4.78 is 2.13. The van der Waals surface area contributed by atoms with Crippen LogP contribution in [0.1, 0.15) is 18.1 Å². The van der Waals surface area contributed by atoms with E-state index >= 15 is 0 Å². The second-order valence-corrected chi connectivity index (χ2v) is 9.10. The molecule has 0 N–H and O–H groups in total. The van der Waals surface area contributed by atoms with Crippen LogP contribution in [0.5, 0.6) is 0 Å². The number of benzene rings is 3. The van der Waals surface area contributed by atoms with Crippen LogP contribution in [0.2, 0.25) is 0 Å². The lowest BCUT2D eigenvalue weighted by Gasteiger charge is -2.23. The van der Waals surface area contributed by atoms with Crippen molar-refractivity contribution in [3.8, 4) is 11.3 Å². The fourth-order valence-corrected chi connectivity index (χ4v) is 4.90. The molecule has 0 bridgehead atoms. The summed E-state index contributed by atoms with van der Waals surface area (Å²) in [6.07, 6.45) is 3.56. The van der Waals surface area contributed by atoms with Gasteiger partial charge in [0.25, 0.3) is 11.2 Å². The number of hydrogen-bond donors (Lipinski definition) is 0. The zero-order valence-electron chi connectivity index (χ0n) is 19.0. The number of non-ortho nitro benzene ring substituents is 1. The van der Waals surface area contributed by atoms with Gasteiger partial charge >= 0.3 is 0 Å². The Balaban J connectivity index is 1.38. The molecule has 2 heterocycles. The number of rotatable bonds is 7. The van der Waals surface area contributed by atoms with Crippen molar-refractivity contribution in [1.82, 2.24) is 9.38 Å². The molecule has 0 spiro atoms. The lowest BCUT2D eigenvalue weighted by atomic mass is 10.1. The number of nitro groups is 1. The SMILES string of the molecule is CCN(Cc1ccccc1)c1ccc(C=c2sc3nc(-c4ccc([N+](=O)[O-])cc4)cn3c2=O)cc1. The molecule has 0 atom stereocenters. The third-order valence-corrected chi connectivity index (χ3v) is 6.82. The van der Waals surface area contributed by atoms with E-state index in [1.54, 1.807) is 18.3 Å². The summed E-state index contributed by atoms with van der Waals surface area (Å²) in [6.45, 7) is 3.87. The van der Waals surface area contributed by atoms with Crippen LogP contribution in [0.3, 0.4) is 0 Å². The molecule has 0 aliphatic heterocycles. The first-order valence-corrected chi connectivity index (χ1v) is 12.0. The van der Waals surface area contributed by atoms with E-state index in [9.17, 15) is 14.9 Å². The first kappa shape index (κ1) is 22.5. The van der Waals surface area contributed by atoms with Crippen molar-refractivity contribution in [1.29, 1.82) is 0 Å². The number of fused-ring (bicyclic) bond motifs is 1. The minimum atomic E-state index is -0.441. The third kappa shape index (κ3) is 4.69. The Morgan fingerprint density at radius 3 is 2.37 bits per heavy atom. The lowest BCUT2D eigenvalue weighted by molar-refractivity contribution is -0.384. The third-order valence-electron chi connectivity index (χ3n) is 5.83. The molecular formula is C27H22N4O3S. The fraction of sp³-hybridized carbons (Fsp3) is 0.111. The van der Waals surface area contributed by atoms with Crippen LogP contribution in [0, 0.1) is 10.1 Å². The van der Waals surface area contributed by atoms with Crippen LogP contribution < -0.4 is 15.0 Å². The Bertz CT molecular complexity index is 1590. The van der Waals surface area contributed by atoms with Gasteiger partial charge in [0, 0.05) is 42.7 Å². The summed E-state index contributed by atoms with van der Waals surface area (Å²) in [6, 6.07) is 24.7. The van der Waals surface area contributed by atoms with Gasteiger partial charge in [0.2, 0.25) is 0 Å². The van der Waals surface area contributed by atoms with Crippen molar-refractivity contribution >= 4 is 33.7 Å². The summed E-state index contributed by atoms with van der Waals surface area (Å²) in [5, 5.41) is 10.9. The van der Waals surface area contributed by atoms with Crippen LogP contribution in [-0.4, -0.2) is 20.9 Å². The maximum Gasteiger partial charge on any atom is 0.274 e. The van der Waals surface area contributed by atoms with E-state index in [1.165, 1.54) is 33.4 Å². The summed E-state index contributed by atoms with van der Waals surface area (Å²) in [7, 11) is 0. The molecule has 0 saturated carbocycles. The molecule has 5 aromatic rings. The minimum Gasteiger partial charge on any atom is -0.367 e. The Hall–Kier alpha value is -4.30. The molecule has 0 saturated heterocycles. The van der Waals surface area contributed by atoms with Gasteiger partial charge in [0.05, 0.1) is 15.1 Å². The predicted octanol–water partition coefficient (Wildman–Crippen LogP) is 4.91. The molecule has 0 fully saturated rings. The van der Waals surface area contributed by atoms with Crippen molar-refractivity contribution in [3.63, 3.8) is 0 Å². The smallest absolute Gasteiger partial charge is 0.274 e. The Morgan fingerprint density at radius 1 is 1.03 bits per heavy atom. The van der Waals surface area contributed by atoms with Crippen molar-refractivity contribution in [2.45, 2.75) is 13.5 Å². The van der Waals surface area contributed by atoms with Gasteiger partial charge in [-0.05, 0) is 48.4 Å². The predicted molar refractivity (Wildman–Crippen MR) is 140 cm³/mol. The van der Waals surface area contributed by atoms with Crippen LogP contribution in [0.15, 0.2) is 89.9 Å².